The molecule has 1 unspecified atom stereocenters. The maximum atomic E-state index is 13.2. The molecule has 1 N–H and O–H groups in total. The van der Waals surface area contributed by atoms with E-state index in [0.29, 0.717) is 30.6 Å². The zero-order valence-electron chi connectivity index (χ0n) is 14.2. The standard InChI is InChI=1S/C18H20FN3O3/c1-12-10-13(19)4-5-15(12)22-9-6-14(20-22)16(23)21-8-3-7-18(2,11-21)17(24)25/h4-6,9-10H,3,7-8,11H2,1-2H3,(H,24,25). The smallest absolute Gasteiger partial charge is 0.311 e. The zero-order chi connectivity index (χ0) is 18.2. The number of carboxylic acid groups (broad SMARTS) is 1. The quantitative estimate of drug-likeness (QED) is 0.928. The Morgan fingerprint density at radius 3 is 2.76 bits per heavy atom. The van der Waals surface area contributed by atoms with Crippen molar-refractivity contribution in [2.45, 2.75) is 26.7 Å². The van der Waals surface area contributed by atoms with E-state index >= 15 is 0 Å². The number of carbonyl (C=O) groups excluding carboxylic acids is 1. The van der Waals surface area contributed by atoms with Crippen LogP contribution in [0.2, 0.25) is 0 Å². The van der Waals surface area contributed by atoms with Crippen molar-refractivity contribution < 1.29 is 19.1 Å². The molecule has 1 atom stereocenters. The number of aliphatic carboxylic acids is 1. The Balaban J connectivity index is 1.82. The van der Waals surface area contributed by atoms with Gasteiger partial charge in [-0.2, -0.15) is 5.10 Å². The molecule has 0 spiro atoms. The number of likely N-dealkylation sites (tertiary alicyclic amines) is 1. The monoisotopic (exact) mass is 345 g/mol. The van der Waals surface area contributed by atoms with Crippen LogP contribution in [0.15, 0.2) is 30.5 Å². The molecule has 1 fully saturated rings. The van der Waals surface area contributed by atoms with Crippen molar-refractivity contribution in [1.82, 2.24) is 14.7 Å². The second-order valence-electron chi connectivity index (χ2n) is 6.77. The number of hydrogen-bond acceptors (Lipinski definition) is 3. The Hall–Kier alpha value is -2.70. The number of carbonyl (C=O) groups is 2. The topological polar surface area (TPSA) is 75.4 Å². The maximum absolute atomic E-state index is 13.2. The normalized spacial score (nSPS) is 20.5. The van der Waals surface area contributed by atoms with E-state index in [0.717, 1.165) is 0 Å². The minimum atomic E-state index is -0.927. The second kappa shape index (κ2) is 6.31. The summed E-state index contributed by atoms with van der Waals surface area (Å²) in [7, 11) is 0. The van der Waals surface area contributed by atoms with Gasteiger partial charge in [0, 0.05) is 19.3 Å². The zero-order valence-corrected chi connectivity index (χ0v) is 14.2. The first-order valence-electron chi connectivity index (χ1n) is 8.15. The van der Waals surface area contributed by atoms with E-state index in [1.54, 1.807) is 37.1 Å². The molecule has 0 saturated carbocycles. The molecule has 2 aromatic rings. The van der Waals surface area contributed by atoms with Crippen LogP contribution in [0.4, 0.5) is 4.39 Å². The Morgan fingerprint density at radius 2 is 2.08 bits per heavy atom. The highest BCUT2D eigenvalue weighted by Gasteiger charge is 2.39. The van der Waals surface area contributed by atoms with Crippen LogP contribution in [0.3, 0.4) is 0 Å². The fourth-order valence-electron chi connectivity index (χ4n) is 3.20. The van der Waals surface area contributed by atoms with Gasteiger partial charge >= 0.3 is 5.97 Å². The largest absolute Gasteiger partial charge is 0.481 e. The van der Waals surface area contributed by atoms with Crippen LogP contribution in [0, 0.1) is 18.2 Å². The summed E-state index contributed by atoms with van der Waals surface area (Å²) in [6, 6.07) is 5.95. The van der Waals surface area contributed by atoms with E-state index in [9.17, 15) is 19.1 Å². The summed E-state index contributed by atoms with van der Waals surface area (Å²) in [5.41, 5.74) is 0.718. The summed E-state index contributed by atoms with van der Waals surface area (Å²) in [6.45, 7) is 4.12. The number of carboxylic acids is 1. The van der Waals surface area contributed by atoms with E-state index in [1.807, 2.05) is 0 Å². The van der Waals surface area contributed by atoms with Crippen LogP contribution in [0.25, 0.3) is 5.69 Å². The van der Waals surface area contributed by atoms with Gasteiger partial charge in [-0.3, -0.25) is 9.59 Å². The Labute approximate surface area is 144 Å². The first-order chi connectivity index (χ1) is 11.8. The van der Waals surface area contributed by atoms with Crippen molar-refractivity contribution in [2.24, 2.45) is 5.41 Å². The van der Waals surface area contributed by atoms with Crippen LogP contribution >= 0.6 is 0 Å². The van der Waals surface area contributed by atoms with Gasteiger partial charge in [-0.05, 0) is 56.5 Å². The summed E-state index contributed by atoms with van der Waals surface area (Å²) >= 11 is 0. The minimum absolute atomic E-state index is 0.170. The number of piperidine rings is 1. The summed E-state index contributed by atoms with van der Waals surface area (Å²) in [5.74, 6) is -1.51. The van der Waals surface area contributed by atoms with Crippen molar-refractivity contribution >= 4 is 11.9 Å². The van der Waals surface area contributed by atoms with E-state index in [1.165, 1.54) is 16.8 Å². The van der Waals surface area contributed by atoms with E-state index < -0.39 is 11.4 Å². The van der Waals surface area contributed by atoms with Gasteiger partial charge in [0.05, 0.1) is 11.1 Å². The SMILES string of the molecule is Cc1cc(F)ccc1-n1ccc(C(=O)N2CCCC(C)(C(=O)O)C2)n1. The van der Waals surface area contributed by atoms with Crippen molar-refractivity contribution in [3.8, 4) is 5.69 Å². The number of hydrogen-bond donors (Lipinski definition) is 1. The molecule has 6 nitrogen and oxygen atoms in total. The fraction of sp³-hybridized carbons (Fsp3) is 0.389. The van der Waals surface area contributed by atoms with Crippen LogP contribution in [0.1, 0.15) is 35.8 Å². The lowest BCUT2D eigenvalue weighted by Gasteiger charge is -2.37. The predicted molar refractivity (Wildman–Crippen MR) is 89.1 cm³/mol. The minimum Gasteiger partial charge on any atom is -0.481 e. The lowest BCUT2D eigenvalue weighted by molar-refractivity contribution is -0.150. The van der Waals surface area contributed by atoms with Gasteiger partial charge in [-0.15, -0.1) is 0 Å². The molecule has 7 heteroatoms. The van der Waals surface area contributed by atoms with Gasteiger partial charge < -0.3 is 10.0 Å². The maximum Gasteiger partial charge on any atom is 0.311 e. The van der Waals surface area contributed by atoms with Crippen molar-refractivity contribution in [1.29, 1.82) is 0 Å². The molecule has 1 aromatic carbocycles. The lowest BCUT2D eigenvalue weighted by atomic mass is 9.82. The van der Waals surface area contributed by atoms with Gasteiger partial charge in [0.25, 0.3) is 5.91 Å². The molecule has 1 aliphatic rings. The number of aromatic nitrogens is 2. The summed E-state index contributed by atoms with van der Waals surface area (Å²) in [5, 5.41) is 13.7. The van der Waals surface area contributed by atoms with Gasteiger partial charge in [-0.1, -0.05) is 0 Å². The van der Waals surface area contributed by atoms with Crippen molar-refractivity contribution in [3.05, 3.63) is 47.5 Å². The van der Waals surface area contributed by atoms with Crippen LogP contribution < -0.4 is 0 Å². The molecule has 0 aliphatic carbocycles. The molecule has 1 amide bonds. The molecule has 25 heavy (non-hydrogen) atoms. The van der Waals surface area contributed by atoms with Gasteiger partial charge in [0.2, 0.25) is 0 Å². The van der Waals surface area contributed by atoms with Crippen LogP contribution in [-0.4, -0.2) is 44.8 Å². The van der Waals surface area contributed by atoms with Crippen molar-refractivity contribution in [3.63, 3.8) is 0 Å². The molecule has 1 saturated heterocycles. The number of aryl methyl sites for hydroxylation is 1. The average Bonchev–Trinajstić information content (AvgIpc) is 3.03. The number of nitrogens with zero attached hydrogens (tertiary/aromatic N) is 3. The number of benzene rings is 1. The highest BCUT2D eigenvalue weighted by atomic mass is 19.1. The third-order valence-corrected chi connectivity index (χ3v) is 4.71. The van der Waals surface area contributed by atoms with Gasteiger partial charge in [0.1, 0.15) is 5.82 Å². The summed E-state index contributed by atoms with van der Waals surface area (Å²) in [6.07, 6.45) is 2.84. The van der Waals surface area contributed by atoms with E-state index in [4.69, 9.17) is 0 Å². The molecule has 3 rings (SSSR count). The lowest BCUT2D eigenvalue weighted by Crippen LogP contribution is -2.48. The third-order valence-electron chi connectivity index (χ3n) is 4.71. The van der Waals surface area contributed by atoms with E-state index in [-0.39, 0.29) is 24.0 Å². The van der Waals surface area contributed by atoms with E-state index in [2.05, 4.69) is 5.10 Å². The summed E-state index contributed by atoms with van der Waals surface area (Å²) in [4.78, 5) is 25.7. The van der Waals surface area contributed by atoms with Crippen molar-refractivity contribution in [2.75, 3.05) is 13.1 Å². The Morgan fingerprint density at radius 1 is 1.32 bits per heavy atom. The Kier molecular flexibility index (Phi) is 4.32. The molecular weight excluding hydrogens is 325 g/mol. The van der Waals surface area contributed by atoms with Crippen LogP contribution in [0.5, 0.6) is 0 Å². The molecular formula is C18H20FN3O3. The Bertz CT molecular complexity index is 833. The molecule has 0 bridgehead atoms. The van der Waals surface area contributed by atoms with Gasteiger partial charge in [-0.25, -0.2) is 9.07 Å². The third kappa shape index (κ3) is 3.26. The molecule has 132 valence electrons. The molecule has 0 radical (unpaired) electrons. The molecule has 1 aliphatic heterocycles. The first-order valence-corrected chi connectivity index (χ1v) is 8.15. The number of amides is 1. The second-order valence-corrected chi connectivity index (χ2v) is 6.77. The van der Waals surface area contributed by atoms with Gasteiger partial charge in [0.15, 0.2) is 5.69 Å². The number of rotatable bonds is 3. The summed E-state index contributed by atoms with van der Waals surface area (Å²) < 4.78 is 14.8. The molecule has 2 heterocycles. The fourth-order valence-corrected chi connectivity index (χ4v) is 3.20. The average molecular weight is 345 g/mol. The molecule has 1 aromatic heterocycles. The predicted octanol–water partition coefficient (Wildman–Crippen LogP) is 2.65. The highest BCUT2D eigenvalue weighted by molar-refractivity contribution is 5.93. The highest BCUT2D eigenvalue weighted by Crippen LogP contribution is 2.30. The van der Waals surface area contributed by atoms with Crippen LogP contribution in [-0.2, 0) is 4.79 Å². The first kappa shape index (κ1) is 17.1. The number of halogens is 1.